The van der Waals surface area contributed by atoms with Crippen molar-refractivity contribution in [3.8, 4) is 28.8 Å². The van der Waals surface area contributed by atoms with Gasteiger partial charge in [-0.15, -0.1) is 0 Å². The molecule has 1 amide bonds. The van der Waals surface area contributed by atoms with Crippen LogP contribution >= 0.6 is 23.2 Å². The Morgan fingerprint density at radius 3 is 2.56 bits per heavy atom. The van der Waals surface area contributed by atoms with E-state index in [9.17, 15) is 20.0 Å². The molecule has 0 bridgehead atoms. The van der Waals surface area contributed by atoms with Crippen molar-refractivity contribution in [1.82, 2.24) is 19.4 Å². The number of aromatic nitrogens is 3. The number of nitriles is 1. The van der Waals surface area contributed by atoms with Crippen LogP contribution in [-0.4, -0.2) is 56.1 Å². The van der Waals surface area contributed by atoms with Gasteiger partial charge in [0, 0.05) is 37.3 Å². The molecular formula is C32H28Cl2F2N6O3. The topological polar surface area (TPSA) is 115 Å². The number of hydrogen-bond acceptors (Lipinski definition) is 7. The number of piperazine rings is 1. The number of rotatable bonds is 5. The van der Waals surface area contributed by atoms with Crippen LogP contribution in [0.4, 0.5) is 14.5 Å². The van der Waals surface area contributed by atoms with Crippen molar-refractivity contribution in [1.29, 1.82) is 5.26 Å². The van der Waals surface area contributed by atoms with Crippen LogP contribution < -0.4 is 10.5 Å². The van der Waals surface area contributed by atoms with Gasteiger partial charge in [-0.25, -0.2) is 13.8 Å². The van der Waals surface area contributed by atoms with Gasteiger partial charge in [0.15, 0.2) is 17.3 Å². The van der Waals surface area contributed by atoms with Crippen LogP contribution in [-0.2, 0) is 4.79 Å². The molecule has 1 aliphatic heterocycles. The van der Waals surface area contributed by atoms with Crippen molar-refractivity contribution in [2.75, 3.05) is 24.5 Å². The molecule has 13 heteroatoms. The fourth-order valence-corrected chi connectivity index (χ4v) is 6.22. The lowest BCUT2D eigenvalue weighted by Crippen LogP contribution is -2.54. The second-order valence-electron chi connectivity index (χ2n) is 11.1. The summed E-state index contributed by atoms with van der Waals surface area (Å²) in [6, 6.07) is 5.33. The summed E-state index contributed by atoms with van der Waals surface area (Å²) in [5.74, 6) is -3.47. The van der Waals surface area contributed by atoms with E-state index in [1.807, 2.05) is 26.8 Å². The summed E-state index contributed by atoms with van der Waals surface area (Å²) in [7, 11) is 0. The number of carbonyl (C=O) groups excluding carboxylic acids is 1. The first-order valence-corrected chi connectivity index (χ1v) is 14.8. The van der Waals surface area contributed by atoms with Crippen LogP contribution in [0.2, 0.25) is 10.0 Å². The highest BCUT2D eigenvalue weighted by Gasteiger charge is 2.33. The number of carbonyl (C=O) groups is 1. The van der Waals surface area contributed by atoms with Crippen LogP contribution in [0.3, 0.4) is 0 Å². The minimum Gasteiger partial charge on any atom is -0.506 e. The number of benzene rings is 1. The van der Waals surface area contributed by atoms with Crippen LogP contribution in [0, 0.1) is 29.9 Å². The summed E-state index contributed by atoms with van der Waals surface area (Å²) >= 11 is 12.1. The zero-order valence-corrected chi connectivity index (χ0v) is 26.3. The third-order valence-corrected chi connectivity index (χ3v) is 8.46. The first-order valence-electron chi connectivity index (χ1n) is 14.0. The van der Waals surface area contributed by atoms with Crippen LogP contribution in [0.1, 0.15) is 43.5 Å². The standard InChI is InChI=1S/C32H28Cl2F2N6O3/c1-6-23(43)40-9-10-41(17(5)14-40)29-18-11-22(35)27(24-25(36)20(33)12-21(34)30(24)44)39-31(18)42(32(45)19(29)13-37)28-16(4)7-8-38-26(28)15(2)3/h6-8,11-12,15,17,44H,1,9-10,14H2,2-5H3/t17-/m0/s1. The zero-order valence-electron chi connectivity index (χ0n) is 24.8. The monoisotopic (exact) mass is 652 g/mol. The molecule has 1 saturated heterocycles. The lowest BCUT2D eigenvalue weighted by molar-refractivity contribution is -0.126. The summed E-state index contributed by atoms with van der Waals surface area (Å²) in [4.78, 5) is 39.1. The Balaban J connectivity index is 1.94. The van der Waals surface area contributed by atoms with Crippen molar-refractivity contribution in [3.63, 3.8) is 0 Å². The number of aromatic hydroxyl groups is 1. The van der Waals surface area contributed by atoms with Crippen molar-refractivity contribution >= 4 is 45.8 Å². The van der Waals surface area contributed by atoms with Crippen LogP contribution in [0.5, 0.6) is 5.75 Å². The predicted octanol–water partition coefficient (Wildman–Crippen LogP) is 6.26. The molecule has 45 heavy (non-hydrogen) atoms. The number of fused-ring (bicyclic) bond motifs is 1. The molecular weight excluding hydrogens is 625 g/mol. The predicted molar refractivity (Wildman–Crippen MR) is 169 cm³/mol. The Hall–Kier alpha value is -4.53. The summed E-state index contributed by atoms with van der Waals surface area (Å²) in [6.07, 6.45) is 2.80. The van der Waals surface area contributed by atoms with E-state index in [0.29, 0.717) is 16.9 Å². The maximum atomic E-state index is 16.2. The third kappa shape index (κ3) is 5.28. The zero-order chi connectivity index (χ0) is 32.9. The third-order valence-electron chi connectivity index (χ3n) is 7.90. The van der Waals surface area contributed by atoms with Gasteiger partial charge >= 0.3 is 0 Å². The van der Waals surface area contributed by atoms with Gasteiger partial charge < -0.3 is 14.9 Å². The average molecular weight is 654 g/mol. The summed E-state index contributed by atoms with van der Waals surface area (Å²) in [5, 5.41) is 20.4. The molecule has 9 nitrogen and oxygen atoms in total. The van der Waals surface area contributed by atoms with Crippen molar-refractivity contribution in [2.45, 2.75) is 39.7 Å². The van der Waals surface area contributed by atoms with Gasteiger partial charge in [0.1, 0.15) is 23.1 Å². The van der Waals surface area contributed by atoms with Crippen molar-refractivity contribution < 1.29 is 18.7 Å². The molecule has 232 valence electrons. The van der Waals surface area contributed by atoms with E-state index in [1.165, 1.54) is 10.6 Å². The molecule has 0 radical (unpaired) electrons. The Morgan fingerprint density at radius 1 is 1.22 bits per heavy atom. The number of amides is 1. The van der Waals surface area contributed by atoms with Crippen molar-refractivity contribution in [3.05, 3.63) is 85.9 Å². The molecule has 4 aromatic rings. The Kier molecular flexibility index (Phi) is 8.58. The lowest BCUT2D eigenvalue weighted by atomic mass is 10.0. The van der Waals surface area contributed by atoms with Gasteiger partial charge in [0.2, 0.25) is 5.91 Å². The first-order chi connectivity index (χ1) is 21.3. The summed E-state index contributed by atoms with van der Waals surface area (Å²) < 4.78 is 32.7. The van der Waals surface area contributed by atoms with E-state index >= 15 is 8.78 Å². The largest absolute Gasteiger partial charge is 0.506 e. The number of halogens is 4. The fraction of sp³-hybridized carbons (Fsp3) is 0.281. The molecule has 3 aromatic heterocycles. The maximum Gasteiger partial charge on any atom is 0.276 e. The van der Waals surface area contributed by atoms with Crippen molar-refractivity contribution in [2.24, 2.45) is 0 Å². The number of anilines is 1. The highest BCUT2D eigenvalue weighted by molar-refractivity contribution is 6.36. The molecule has 0 unspecified atom stereocenters. The van der Waals surface area contributed by atoms with E-state index < -0.39 is 45.3 Å². The Labute approximate surface area is 267 Å². The smallest absolute Gasteiger partial charge is 0.276 e. The number of phenols is 1. The normalized spacial score (nSPS) is 15.1. The molecule has 4 heterocycles. The van der Waals surface area contributed by atoms with Gasteiger partial charge in [0.05, 0.1) is 32.7 Å². The van der Waals surface area contributed by atoms with E-state index in [-0.39, 0.29) is 58.8 Å². The summed E-state index contributed by atoms with van der Waals surface area (Å²) in [6.45, 7) is 11.6. The second-order valence-corrected chi connectivity index (χ2v) is 11.9. The highest BCUT2D eigenvalue weighted by Crippen LogP contribution is 2.43. The Morgan fingerprint density at radius 2 is 1.93 bits per heavy atom. The number of pyridine rings is 3. The molecule has 5 rings (SSSR count). The molecule has 0 aliphatic carbocycles. The molecule has 1 fully saturated rings. The van der Waals surface area contributed by atoms with Gasteiger partial charge in [0.25, 0.3) is 5.56 Å². The number of aryl methyl sites for hydroxylation is 1. The first kappa shape index (κ1) is 31.9. The minimum absolute atomic E-state index is 0.0775. The van der Waals surface area contributed by atoms with Crippen LogP contribution in [0.15, 0.2) is 41.8 Å². The summed E-state index contributed by atoms with van der Waals surface area (Å²) in [5.41, 5.74) is -0.904. The van der Waals surface area contributed by atoms with Gasteiger partial charge in [-0.3, -0.25) is 19.1 Å². The molecule has 1 atom stereocenters. The fourth-order valence-electron chi connectivity index (χ4n) is 5.76. The van der Waals surface area contributed by atoms with Gasteiger partial charge in [-0.2, -0.15) is 5.26 Å². The van der Waals surface area contributed by atoms with Crippen LogP contribution in [0.25, 0.3) is 28.0 Å². The van der Waals surface area contributed by atoms with E-state index in [1.54, 1.807) is 29.0 Å². The molecule has 0 saturated carbocycles. The number of nitrogens with zero attached hydrogens (tertiary/aromatic N) is 6. The SMILES string of the molecule is C=CC(=O)N1CCN(c2c(C#N)c(=O)n(-c3c(C)ccnc3C(C)C)c3nc(-c4c(O)c(Cl)cc(Cl)c4F)c(F)cc23)[C@@H](C)C1. The second kappa shape index (κ2) is 12.1. The molecule has 1 aliphatic rings. The van der Waals surface area contributed by atoms with Gasteiger partial charge in [-0.05, 0) is 49.6 Å². The number of hydrogen-bond donors (Lipinski definition) is 1. The molecule has 0 spiro atoms. The van der Waals surface area contributed by atoms with E-state index in [4.69, 9.17) is 23.2 Å². The Bertz CT molecular complexity index is 1980. The lowest BCUT2D eigenvalue weighted by Gasteiger charge is -2.41. The molecule has 1 N–H and O–H groups in total. The number of phenolic OH excluding ortho intramolecular Hbond substituents is 1. The molecule has 1 aromatic carbocycles. The van der Waals surface area contributed by atoms with E-state index in [0.717, 1.165) is 12.1 Å². The average Bonchev–Trinajstić information content (AvgIpc) is 3.00. The highest BCUT2D eigenvalue weighted by atomic mass is 35.5. The van der Waals surface area contributed by atoms with E-state index in [2.05, 4.69) is 16.5 Å². The maximum absolute atomic E-state index is 16.2. The quantitative estimate of drug-likeness (QED) is 0.200. The minimum atomic E-state index is -1.16. The van der Waals surface area contributed by atoms with Gasteiger partial charge in [-0.1, -0.05) is 43.6 Å².